The van der Waals surface area contributed by atoms with Gasteiger partial charge in [0.1, 0.15) is 23.3 Å². The third-order valence-electron chi connectivity index (χ3n) is 3.47. The first-order valence-electron chi connectivity index (χ1n) is 6.49. The third-order valence-corrected chi connectivity index (χ3v) is 3.68. The number of hydrazine groups is 2. The molecular formula is C11H16ClN7O. The van der Waals surface area contributed by atoms with E-state index in [1.165, 1.54) is 6.33 Å². The lowest BCUT2D eigenvalue weighted by Gasteiger charge is -2.36. The van der Waals surface area contributed by atoms with E-state index in [0.717, 1.165) is 18.9 Å². The molecule has 2 aliphatic rings. The number of carbonyl (C=O) groups is 1. The summed E-state index contributed by atoms with van der Waals surface area (Å²) in [7, 11) is 0. The Kier molecular flexibility index (Phi) is 3.97. The van der Waals surface area contributed by atoms with E-state index in [1.54, 1.807) is 6.07 Å². The van der Waals surface area contributed by atoms with Crippen molar-refractivity contribution in [3.8, 4) is 0 Å². The molecular weight excluding hydrogens is 282 g/mol. The van der Waals surface area contributed by atoms with Gasteiger partial charge < -0.3 is 9.80 Å². The van der Waals surface area contributed by atoms with Gasteiger partial charge in [-0.3, -0.25) is 4.79 Å². The summed E-state index contributed by atoms with van der Waals surface area (Å²) in [5, 5.41) is 0.431. The van der Waals surface area contributed by atoms with Crippen LogP contribution in [0.1, 0.15) is 0 Å². The average Bonchev–Trinajstić information content (AvgIpc) is 3.01. The Morgan fingerprint density at radius 2 is 2.10 bits per heavy atom. The fourth-order valence-electron chi connectivity index (χ4n) is 2.36. The van der Waals surface area contributed by atoms with Crippen LogP contribution in [-0.2, 0) is 4.79 Å². The summed E-state index contributed by atoms with van der Waals surface area (Å²) < 4.78 is 0. The average molecular weight is 298 g/mol. The van der Waals surface area contributed by atoms with Crippen LogP contribution in [0.4, 0.5) is 5.82 Å². The molecule has 3 rings (SSSR count). The molecule has 1 unspecified atom stereocenters. The van der Waals surface area contributed by atoms with Gasteiger partial charge in [-0.2, -0.15) is 5.53 Å². The first kappa shape index (κ1) is 13.5. The Hall–Kier alpha value is -1.48. The molecule has 3 heterocycles. The van der Waals surface area contributed by atoms with E-state index in [1.807, 2.05) is 4.90 Å². The molecule has 1 atom stereocenters. The Morgan fingerprint density at radius 3 is 2.75 bits per heavy atom. The third kappa shape index (κ3) is 2.83. The van der Waals surface area contributed by atoms with E-state index in [-0.39, 0.29) is 11.9 Å². The minimum absolute atomic E-state index is 0.114. The number of rotatable bonds is 2. The highest BCUT2D eigenvalue weighted by Gasteiger charge is 2.29. The molecule has 108 valence electrons. The fraction of sp³-hybridized carbons (Fsp3) is 0.545. The largest absolute Gasteiger partial charge is 0.353 e. The second-order valence-electron chi connectivity index (χ2n) is 4.71. The topological polar surface area (TPSA) is 85.4 Å². The molecule has 2 saturated heterocycles. The molecule has 0 spiro atoms. The van der Waals surface area contributed by atoms with Gasteiger partial charge in [0.15, 0.2) is 0 Å². The van der Waals surface area contributed by atoms with E-state index in [2.05, 4.69) is 31.3 Å². The highest BCUT2D eigenvalue weighted by Crippen LogP contribution is 2.16. The molecule has 8 nitrogen and oxygen atoms in total. The maximum Gasteiger partial charge on any atom is 0.242 e. The minimum atomic E-state index is -0.199. The van der Waals surface area contributed by atoms with Crippen molar-refractivity contribution in [3.63, 3.8) is 0 Å². The molecule has 0 aromatic carbocycles. The lowest BCUT2D eigenvalue weighted by Crippen LogP contribution is -2.54. The van der Waals surface area contributed by atoms with Gasteiger partial charge in [0.25, 0.3) is 0 Å². The number of hydrogen-bond acceptors (Lipinski definition) is 7. The van der Waals surface area contributed by atoms with Gasteiger partial charge in [0, 0.05) is 38.8 Å². The van der Waals surface area contributed by atoms with Gasteiger partial charge in [-0.1, -0.05) is 11.6 Å². The minimum Gasteiger partial charge on any atom is -0.353 e. The summed E-state index contributed by atoms with van der Waals surface area (Å²) in [6.07, 6.45) is 1.45. The fourth-order valence-corrected chi connectivity index (χ4v) is 2.51. The number of anilines is 1. The van der Waals surface area contributed by atoms with Crippen LogP contribution in [0.2, 0.25) is 5.15 Å². The van der Waals surface area contributed by atoms with Gasteiger partial charge in [0.05, 0.1) is 0 Å². The number of hydrogen-bond donors (Lipinski definition) is 3. The number of piperazine rings is 1. The van der Waals surface area contributed by atoms with Crippen molar-refractivity contribution >= 4 is 23.3 Å². The van der Waals surface area contributed by atoms with Gasteiger partial charge in [-0.05, 0) is 0 Å². The van der Waals surface area contributed by atoms with Gasteiger partial charge in [-0.25, -0.2) is 20.8 Å². The number of amides is 1. The van der Waals surface area contributed by atoms with Crippen LogP contribution in [0.25, 0.3) is 0 Å². The van der Waals surface area contributed by atoms with Crippen LogP contribution in [0.15, 0.2) is 12.4 Å². The van der Waals surface area contributed by atoms with Crippen molar-refractivity contribution in [3.05, 3.63) is 17.5 Å². The summed E-state index contributed by atoms with van der Waals surface area (Å²) in [6.45, 7) is 3.44. The summed E-state index contributed by atoms with van der Waals surface area (Å²) in [4.78, 5) is 24.3. The molecule has 3 N–H and O–H groups in total. The summed E-state index contributed by atoms with van der Waals surface area (Å²) in [5.41, 5.74) is 8.53. The Labute approximate surface area is 121 Å². The maximum atomic E-state index is 12.2. The lowest BCUT2D eigenvalue weighted by molar-refractivity contribution is -0.133. The number of aromatic nitrogens is 2. The molecule has 1 aromatic heterocycles. The SMILES string of the molecule is O=C(C1CNNN1)N1CCN(c2cc(Cl)ncn2)CC1. The van der Waals surface area contributed by atoms with Crippen LogP contribution in [0.3, 0.4) is 0 Å². The smallest absolute Gasteiger partial charge is 0.242 e. The molecule has 1 aromatic rings. The van der Waals surface area contributed by atoms with E-state index in [4.69, 9.17) is 11.6 Å². The monoisotopic (exact) mass is 297 g/mol. The van der Waals surface area contributed by atoms with Crippen LogP contribution < -0.4 is 21.3 Å². The maximum absolute atomic E-state index is 12.2. The second-order valence-corrected chi connectivity index (χ2v) is 5.10. The Balaban J connectivity index is 1.58. The first-order chi connectivity index (χ1) is 9.74. The van der Waals surface area contributed by atoms with Crippen LogP contribution in [0.5, 0.6) is 0 Å². The number of carbonyl (C=O) groups excluding carboxylic acids is 1. The van der Waals surface area contributed by atoms with E-state index in [9.17, 15) is 4.79 Å². The van der Waals surface area contributed by atoms with E-state index >= 15 is 0 Å². The quantitative estimate of drug-likeness (QED) is 0.589. The van der Waals surface area contributed by atoms with Crippen molar-refractivity contribution in [1.29, 1.82) is 0 Å². The molecule has 9 heteroatoms. The number of halogens is 1. The second kappa shape index (κ2) is 5.88. The molecule has 20 heavy (non-hydrogen) atoms. The lowest BCUT2D eigenvalue weighted by atomic mass is 10.2. The zero-order chi connectivity index (χ0) is 13.9. The van der Waals surface area contributed by atoms with Crippen LogP contribution in [0, 0.1) is 0 Å². The zero-order valence-electron chi connectivity index (χ0n) is 10.8. The van der Waals surface area contributed by atoms with Crippen LogP contribution >= 0.6 is 11.6 Å². The Bertz CT molecular complexity index is 485. The predicted octanol–water partition coefficient (Wildman–Crippen LogP) is -1.24. The molecule has 0 saturated carbocycles. The molecule has 0 bridgehead atoms. The van der Waals surface area contributed by atoms with Crippen molar-refractivity contribution in [2.45, 2.75) is 6.04 Å². The molecule has 2 fully saturated rings. The van der Waals surface area contributed by atoms with Gasteiger partial charge in [-0.15, -0.1) is 0 Å². The molecule has 2 aliphatic heterocycles. The molecule has 0 radical (unpaired) electrons. The highest BCUT2D eigenvalue weighted by atomic mass is 35.5. The summed E-state index contributed by atoms with van der Waals surface area (Å²) in [5.74, 6) is 0.919. The van der Waals surface area contributed by atoms with Crippen LogP contribution in [-0.4, -0.2) is 59.5 Å². The molecule has 0 aliphatic carbocycles. The normalized spacial score (nSPS) is 23.1. The van der Waals surface area contributed by atoms with Crippen molar-refractivity contribution < 1.29 is 4.79 Å². The van der Waals surface area contributed by atoms with E-state index < -0.39 is 0 Å². The standard InChI is InChI=1S/C11H16ClN7O/c12-9-5-10(14-7-13-9)18-1-3-19(4-2-18)11(20)8-6-15-17-16-8/h5,7-8,15-17H,1-4,6H2. The van der Waals surface area contributed by atoms with Crippen molar-refractivity contribution in [2.24, 2.45) is 0 Å². The van der Waals surface area contributed by atoms with Gasteiger partial charge in [0.2, 0.25) is 5.91 Å². The van der Waals surface area contributed by atoms with Crippen molar-refractivity contribution in [2.75, 3.05) is 37.6 Å². The Morgan fingerprint density at radius 1 is 1.30 bits per heavy atom. The number of nitrogens with zero attached hydrogens (tertiary/aromatic N) is 4. The summed E-state index contributed by atoms with van der Waals surface area (Å²) in [6, 6.07) is 1.54. The predicted molar refractivity (Wildman–Crippen MR) is 73.9 cm³/mol. The number of nitrogens with one attached hydrogen (secondary N) is 3. The van der Waals surface area contributed by atoms with Gasteiger partial charge >= 0.3 is 0 Å². The summed E-state index contributed by atoms with van der Waals surface area (Å²) >= 11 is 5.86. The first-order valence-corrected chi connectivity index (χ1v) is 6.86. The zero-order valence-corrected chi connectivity index (χ0v) is 11.6. The van der Waals surface area contributed by atoms with E-state index in [0.29, 0.717) is 24.8 Å². The highest BCUT2D eigenvalue weighted by molar-refractivity contribution is 6.29. The molecule has 1 amide bonds. The van der Waals surface area contributed by atoms with Crippen molar-refractivity contribution in [1.82, 2.24) is 31.3 Å².